The van der Waals surface area contributed by atoms with Gasteiger partial charge in [0.1, 0.15) is 11.8 Å². The van der Waals surface area contributed by atoms with E-state index in [1.165, 1.54) is 0 Å². The Morgan fingerprint density at radius 3 is 2.76 bits per heavy atom. The highest BCUT2D eigenvalue weighted by Gasteiger charge is 2.12. The van der Waals surface area contributed by atoms with E-state index in [1.807, 2.05) is 37.4 Å². The normalized spacial score (nSPS) is 11.3. The lowest BCUT2D eigenvalue weighted by Gasteiger charge is -2.02. The predicted molar refractivity (Wildman–Crippen MR) is 84.5 cm³/mol. The van der Waals surface area contributed by atoms with Crippen LogP contribution in [0, 0.1) is 6.92 Å². The Morgan fingerprint density at radius 1 is 1.00 bits per heavy atom. The summed E-state index contributed by atoms with van der Waals surface area (Å²) in [5.41, 5.74) is 4.26. The molecule has 2 heterocycles. The van der Waals surface area contributed by atoms with Gasteiger partial charge in [0.2, 0.25) is 5.43 Å². The number of hydrogen-bond donors (Lipinski definition) is 1. The zero-order valence-electron chi connectivity index (χ0n) is 11.5. The molecule has 0 atom stereocenters. The molecule has 102 valence electrons. The van der Waals surface area contributed by atoms with Gasteiger partial charge in [0.05, 0.1) is 10.9 Å². The van der Waals surface area contributed by atoms with E-state index in [-0.39, 0.29) is 5.43 Å². The molecule has 4 aromatic rings. The van der Waals surface area contributed by atoms with Crippen LogP contribution in [0.15, 0.2) is 64.1 Å². The molecule has 0 spiro atoms. The molecule has 0 unspecified atom stereocenters. The lowest BCUT2D eigenvalue weighted by molar-refractivity contribution is 0.604. The SMILES string of the molecule is Cc1ccc2[nH]cc(-c3coc4ccccc4c3=O)c2c1. The number of hydrogen-bond acceptors (Lipinski definition) is 2. The third-order valence-corrected chi connectivity index (χ3v) is 3.81. The number of rotatable bonds is 1. The number of aryl methyl sites for hydroxylation is 1. The first kappa shape index (κ1) is 12.0. The van der Waals surface area contributed by atoms with Gasteiger partial charge in [-0.05, 0) is 31.2 Å². The molecule has 2 aromatic carbocycles. The van der Waals surface area contributed by atoms with Crippen molar-refractivity contribution in [2.75, 3.05) is 0 Å². The van der Waals surface area contributed by atoms with E-state index in [9.17, 15) is 4.79 Å². The van der Waals surface area contributed by atoms with E-state index in [0.717, 1.165) is 22.0 Å². The van der Waals surface area contributed by atoms with Gasteiger partial charge in [-0.15, -0.1) is 0 Å². The van der Waals surface area contributed by atoms with Crippen LogP contribution in [-0.4, -0.2) is 4.98 Å². The number of H-pyrrole nitrogens is 1. The molecular formula is C18H13NO2. The summed E-state index contributed by atoms with van der Waals surface area (Å²) < 4.78 is 5.61. The minimum atomic E-state index is -0.000689. The highest BCUT2D eigenvalue weighted by Crippen LogP contribution is 2.28. The van der Waals surface area contributed by atoms with Crippen LogP contribution < -0.4 is 5.43 Å². The molecule has 0 radical (unpaired) electrons. The smallest absolute Gasteiger partial charge is 0.200 e. The Labute approximate surface area is 120 Å². The van der Waals surface area contributed by atoms with Gasteiger partial charge in [-0.25, -0.2) is 0 Å². The van der Waals surface area contributed by atoms with Crippen LogP contribution >= 0.6 is 0 Å². The van der Waals surface area contributed by atoms with Crippen molar-refractivity contribution in [3.63, 3.8) is 0 Å². The second-order valence-corrected chi connectivity index (χ2v) is 5.23. The van der Waals surface area contributed by atoms with Crippen LogP contribution in [0.3, 0.4) is 0 Å². The molecule has 21 heavy (non-hydrogen) atoms. The van der Waals surface area contributed by atoms with Gasteiger partial charge in [0.25, 0.3) is 0 Å². The van der Waals surface area contributed by atoms with Crippen molar-refractivity contribution in [3.8, 4) is 11.1 Å². The lowest BCUT2D eigenvalue weighted by atomic mass is 10.0. The monoisotopic (exact) mass is 275 g/mol. The first-order valence-electron chi connectivity index (χ1n) is 6.83. The largest absolute Gasteiger partial charge is 0.463 e. The Morgan fingerprint density at radius 2 is 1.86 bits per heavy atom. The summed E-state index contributed by atoms with van der Waals surface area (Å²) in [6, 6.07) is 13.5. The zero-order chi connectivity index (χ0) is 14.4. The van der Waals surface area contributed by atoms with Crippen molar-refractivity contribution in [1.82, 2.24) is 4.98 Å². The maximum absolute atomic E-state index is 12.7. The van der Waals surface area contributed by atoms with Gasteiger partial charge in [0.15, 0.2) is 0 Å². The van der Waals surface area contributed by atoms with Crippen molar-refractivity contribution in [3.05, 3.63) is 70.7 Å². The number of benzene rings is 2. The van der Waals surface area contributed by atoms with Crippen LogP contribution in [0.1, 0.15) is 5.56 Å². The molecule has 0 aliphatic rings. The van der Waals surface area contributed by atoms with Gasteiger partial charge in [-0.2, -0.15) is 0 Å². The van der Waals surface area contributed by atoms with E-state index in [1.54, 1.807) is 18.4 Å². The van der Waals surface area contributed by atoms with Crippen LogP contribution in [-0.2, 0) is 0 Å². The van der Waals surface area contributed by atoms with E-state index in [2.05, 4.69) is 11.1 Å². The molecule has 0 aliphatic heterocycles. The summed E-state index contributed by atoms with van der Waals surface area (Å²) in [4.78, 5) is 15.9. The molecule has 4 rings (SSSR count). The second kappa shape index (κ2) is 4.35. The molecule has 0 fully saturated rings. The number of nitrogens with one attached hydrogen (secondary N) is 1. The first-order valence-corrected chi connectivity index (χ1v) is 6.83. The molecule has 0 amide bonds. The number of aromatic amines is 1. The summed E-state index contributed by atoms with van der Waals surface area (Å²) in [6.07, 6.45) is 3.42. The molecule has 0 bridgehead atoms. The average molecular weight is 275 g/mol. The molecule has 0 saturated heterocycles. The van der Waals surface area contributed by atoms with Crippen molar-refractivity contribution in [2.45, 2.75) is 6.92 Å². The average Bonchev–Trinajstić information content (AvgIpc) is 2.91. The summed E-state index contributed by atoms with van der Waals surface area (Å²) in [5, 5.41) is 1.65. The summed E-state index contributed by atoms with van der Waals surface area (Å²) >= 11 is 0. The number of fused-ring (bicyclic) bond motifs is 2. The predicted octanol–water partition coefficient (Wildman–Crippen LogP) is 4.25. The number of para-hydroxylation sites is 1. The van der Waals surface area contributed by atoms with Crippen molar-refractivity contribution in [2.24, 2.45) is 0 Å². The van der Waals surface area contributed by atoms with Gasteiger partial charge in [-0.1, -0.05) is 23.8 Å². The molecule has 0 aliphatic carbocycles. The standard InChI is InChI=1S/C18H13NO2/c1-11-6-7-16-13(8-11)14(9-19-16)15-10-21-17-5-3-2-4-12(17)18(15)20/h2-10,19H,1H3. The Bertz CT molecular complexity index is 1020. The molecule has 3 nitrogen and oxygen atoms in total. The van der Waals surface area contributed by atoms with Gasteiger partial charge in [-0.3, -0.25) is 4.79 Å². The summed E-state index contributed by atoms with van der Waals surface area (Å²) in [6.45, 7) is 2.04. The topological polar surface area (TPSA) is 46.0 Å². The Balaban J connectivity index is 2.07. The highest BCUT2D eigenvalue weighted by molar-refractivity contribution is 5.97. The maximum atomic E-state index is 12.7. The summed E-state index contributed by atoms with van der Waals surface area (Å²) in [7, 11) is 0. The second-order valence-electron chi connectivity index (χ2n) is 5.23. The zero-order valence-corrected chi connectivity index (χ0v) is 11.5. The fourth-order valence-electron chi connectivity index (χ4n) is 2.72. The van der Waals surface area contributed by atoms with E-state index in [4.69, 9.17) is 4.42 Å². The van der Waals surface area contributed by atoms with E-state index in [0.29, 0.717) is 16.5 Å². The molecule has 0 saturated carbocycles. The fraction of sp³-hybridized carbons (Fsp3) is 0.0556. The van der Waals surface area contributed by atoms with Crippen molar-refractivity contribution >= 4 is 21.9 Å². The van der Waals surface area contributed by atoms with E-state index < -0.39 is 0 Å². The first-order chi connectivity index (χ1) is 10.2. The van der Waals surface area contributed by atoms with Crippen molar-refractivity contribution < 1.29 is 4.42 Å². The number of aromatic nitrogens is 1. The van der Waals surface area contributed by atoms with Crippen LogP contribution in [0.2, 0.25) is 0 Å². The van der Waals surface area contributed by atoms with Gasteiger partial charge < -0.3 is 9.40 Å². The molecule has 3 heteroatoms. The van der Waals surface area contributed by atoms with Gasteiger partial charge in [0, 0.05) is 22.7 Å². The minimum Gasteiger partial charge on any atom is -0.463 e. The molecular weight excluding hydrogens is 262 g/mol. The Kier molecular flexibility index (Phi) is 2.48. The minimum absolute atomic E-state index is 0.000689. The third kappa shape index (κ3) is 1.78. The van der Waals surface area contributed by atoms with E-state index >= 15 is 0 Å². The Hall–Kier alpha value is -2.81. The molecule has 1 N–H and O–H groups in total. The quantitative estimate of drug-likeness (QED) is 0.564. The third-order valence-electron chi connectivity index (χ3n) is 3.81. The van der Waals surface area contributed by atoms with Crippen LogP contribution in [0.4, 0.5) is 0 Å². The van der Waals surface area contributed by atoms with Crippen LogP contribution in [0.5, 0.6) is 0 Å². The summed E-state index contributed by atoms with van der Waals surface area (Å²) in [5.74, 6) is 0. The highest BCUT2D eigenvalue weighted by atomic mass is 16.3. The van der Waals surface area contributed by atoms with Gasteiger partial charge >= 0.3 is 0 Å². The lowest BCUT2D eigenvalue weighted by Crippen LogP contribution is -2.04. The van der Waals surface area contributed by atoms with Crippen LogP contribution in [0.25, 0.3) is 33.0 Å². The fourth-order valence-corrected chi connectivity index (χ4v) is 2.72. The maximum Gasteiger partial charge on any atom is 0.200 e. The molecule has 2 aromatic heterocycles. The van der Waals surface area contributed by atoms with Crippen molar-refractivity contribution in [1.29, 1.82) is 0 Å².